The van der Waals surface area contributed by atoms with Gasteiger partial charge in [-0.3, -0.25) is 4.79 Å². The number of ether oxygens (including phenoxy) is 1. The summed E-state index contributed by atoms with van der Waals surface area (Å²) in [7, 11) is 5.25. The van der Waals surface area contributed by atoms with Gasteiger partial charge in [0.15, 0.2) is 6.29 Å². The zero-order valence-electron chi connectivity index (χ0n) is 8.73. The Morgan fingerprint density at radius 2 is 2.14 bits per heavy atom. The van der Waals surface area contributed by atoms with Crippen molar-refractivity contribution in [1.29, 1.82) is 0 Å². The van der Waals surface area contributed by atoms with Gasteiger partial charge in [-0.2, -0.15) is 5.10 Å². The van der Waals surface area contributed by atoms with Crippen molar-refractivity contribution in [3.8, 4) is 0 Å². The topological polar surface area (TPSA) is 47.4 Å². The molecule has 1 aromatic rings. The van der Waals surface area contributed by atoms with Gasteiger partial charge in [-0.25, -0.2) is 4.68 Å². The highest BCUT2D eigenvalue weighted by atomic mass is 16.4. The number of hydrogen-bond donors (Lipinski definition) is 0. The predicted octanol–water partition coefficient (Wildman–Crippen LogP) is 0.408. The van der Waals surface area contributed by atoms with Gasteiger partial charge in [0.25, 0.3) is 0 Å². The normalized spacial score (nSPS) is 13.2. The lowest BCUT2D eigenvalue weighted by atomic mass is 10.4. The molecule has 0 aromatic carbocycles. The maximum Gasteiger partial charge on any atom is 0.170 e. The van der Waals surface area contributed by atoms with E-state index in [4.69, 9.17) is 0 Å². The molecule has 0 saturated carbocycles. The Balaban J connectivity index is 0.000000293. The Hall–Kier alpha value is -1.36. The van der Waals surface area contributed by atoms with E-state index in [1.807, 2.05) is 11.7 Å². The van der Waals surface area contributed by atoms with E-state index in [9.17, 15) is 4.79 Å². The zero-order chi connectivity index (χ0) is 10.6. The van der Waals surface area contributed by atoms with Crippen LogP contribution in [0.15, 0.2) is 6.07 Å². The fourth-order valence-electron chi connectivity index (χ4n) is 1.31. The molecule has 0 unspecified atom stereocenters. The van der Waals surface area contributed by atoms with E-state index in [2.05, 4.69) is 14.7 Å². The second-order valence-electron chi connectivity index (χ2n) is 3.10. The molecule has 0 aliphatic carbocycles. The van der Waals surface area contributed by atoms with E-state index in [0.717, 1.165) is 25.2 Å². The molecule has 78 valence electrons. The van der Waals surface area contributed by atoms with Crippen molar-refractivity contribution in [3.63, 3.8) is 0 Å². The fourth-order valence-corrected chi connectivity index (χ4v) is 1.31. The van der Waals surface area contributed by atoms with E-state index in [-0.39, 0.29) is 0 Å². The number of aromatic nitrogens is 2. The standard InChI is InChI=1S/C7H9N3O.C2H6O/c1-9-2-3-10-7(9)4-6(5-11)8-10;1-3-2/h4-5H,2-3H2,1H3;1-2H3. The third-order valence-electron chi connectivity index (χ3n) is 1.94. The number of aldehydes is 1. The first kappa shape index (κ1) is 10.7. The summed E-state index contributed by atoms with van der Waals surface area (Å²) < 4.78 is 6.10. The molecule has 14 heavy (non-hydrogen) atoms. The lowest BCUT2D eigenvalue weighted by molar-refractivity contribution is 0.111. The van der Waals surface area contributed by atoms with Crippen molar-refractivity contribution in [2.24, 2.45) is 0 Å². The number of rotatable bonds is 1. The smallest absolute Gasteiger partial charge is 0.170 e. The number of methoxy groups -OCH3 is 1. The molecule has 5 heteroatoms. The van der Waals surface area contributed by atoms with Gasteiger partial charge >= 0.3 is 0 Å². The van der Waals surface area contributed by atoms with Gasteiger partial charge in [0.05, 0.1) is 6.54 Å². The zero-order valence-corrected chi connectivity index (χ0v) is 8.73. The summed E-state index contributed by atoms with van der Waals surface area (Å²) in [5, 5.41) is 4.07. The van der Waals surface area contributed by atoms with Crippen LogP contribution in [-0.4, -0.2) is 43.9 Å². The molecule has 0 spiro atoms. The van der Waals surface area contributed by atoms with Crippen LogP contribution in [-0.2, 0) is 11.3 Å². The molecular weight excluding hydrogens is 182 g/mol. The van der Waals surface area contributed by atoms with Gasteiger partial charge in [-0.05, 0) is 0 Å². The number of carbonyl (C=O) groups excluding carboxylic acids is 1. The third-order valence-corrected chi connectivity index (χ3v) is 1.94. The Labute approximate surface area is 83.3 Å². The molecule has 2 heterocycles. The number of anilines is 1. The average molecular weight is 197 g/mol. The Kier molecular flexibility index (Phi) is 3.64. The molecule has 0 amide bonds. The van der Waals surface area contributed by atoms with Crippen LogP contribution in [0.25, 0.3) is 0 Å². The van der Waals surface area contributed by atoms with Crippen molar-refractivity contribution in [1.82, 2.24) is 9.78 Å². The first-order valence-corrected chi connectivity index (χ1v) is 4.37. The van der Waals surface area contributed by atoms with Gasteiger partial charge in [0.1, 0.15) is 11.5 Å². The van der Waals surface area contributed by atoms with Crippen LogP contribution in [0.5, 0.6) is 0 Å². The fraction of sp³-hybridized carbons (Fsp3) is 0.556. The van der Waals surface area contributed by atoms with Crippen molar-refractivity contribution in [2.45, 2.75) is 6.54 Å². The highest BCUT2D eigenvalue weighted by Crippen LogP contribution is 2.18. The molecular formula is C9H15N3O2. The van der Waals surface area contributed by atoms with Crippen LogP contribution in [0, 0.1) is 0 Å². The van der Waals surface area contributed by atoms with E-state index < -0.39 is 0 Å². The number of likely N-dealkylation sites (N-methyl/N-ethyl adjacent to an activating group) is 1. The lowest BCUT2D eigenvalue weighted by Crippen LogP contribution is -2.12. The summed E-state index contributed by atoms with van der Waals surface area (Å²) in [6.45, 7) is 1.88. The van der Waals surface area contributed by atoms with Crippen LogP contribution in [0.4, 0.5) is 5.82 Å². The van der Waals surface area contributed by atoms with Gasteiger partial charge < -0.3 is 9.64 Å². The van der Waals surface area contributed by atoms with Gasteiger partial charge in [0.2, 0.25) is 0 Å². The highest BCUT2D eigenvalue weighted by Gasteiger charge is 2.17. The largest absolute Gasteiger partial charge is 0.388 e. The lowest BCUT2D eigenvalue weighted by Gasteiger charge is -2.05. The monoisotopic (exact) mass is 197 g/mol. The Morgan fingerprint density at radius 3 is 2.64 bits per heavy atom. The van der Waals surface area contributed by atoms with Crippen LogP contribution in [0.3, 0.4) is 0 Å². The molecule has 1 aromatic heterocycles. The molecule has 0 N–H and O–H groups in total. The number of nitrogens with zero attached hydrogens (tertiary/aromatic N) is 3. The maximum absolute atomic E-state index is 10.3. The summed E-state index contributed by atoms with van der Waals surface area (Å²) in [5.74, 6) is 1.03. The SMILES string of the molecule is CN1CCn2nc(C=O)cc21.COC. The summed E-state index contributed by atoms with van der Waals surface area (Å²) >= 11 is 0. The van der Waals surface area contributed by atoms with Crippen LogP contribution in [0.1, 0.15) is 10.5 Å². The predicted molar refractivity (Wildman–Crippen MR) is 53.8 cm³/mol. The van der Waals surface area contributed by atoms with Gasteiger partial charge in [-0.1, -0.05) is 0 Å². The van der Waals surface area contributed by atoms with Crippen LogP contribution >= 0.6 is 0 Å². The summed E-state index contributed by atoms with van der Waals surface area (Å²) in [6, 6.07) is 1.81. The van der Waals surface area contributed by atoms with E-state index in [1.165, 1.54) is 0 Å². The second-order valence-corrected chi connectivity index (χ2v) is 3.10. The molecule has 5 nitrogen and oxygen atoms in total. The minimum atomic E-state index is 0.520. The second kappa shape index (κ2) is 4.76. The Morgan fingerprint density at radius 1 is 1.50 bits per heavy atom. The number of fused-ring (bicyclic) bond motifs is 1. The van der Waals surface area contributed by atoms with Crippen molar-refractivity contribution >= 4 is 12.1 Å². The third kappa shape index (κ3) is 2.11. The van der Waals surface area contributed by atoms with Crippen molar-refractivity contribution < 1.29 is 9.53 Å². The first-order valence-electron chi connectivity index (χ1n) is 4.37. The van der Waals surface area contributed by atoms with E-state index in [1.54, 1.807) is 20.3 Å². The van der Waals surface area contributed by atoms with Gasteiger partial charge in [-0.15, -0.1) is 0 Å². The minimum absolute atomic E-state index is 0.520. The quantitative estimate of drug-likeness (QED) is 0.612. The summed E-state index contributed by atoms with van der Waals surface area (Å²) in [4.78, 5) is 12.4. The van der Waals surface area contributed by atoms with Crippen molar-refractivity contribution in [2.75, 3.05) is 32.7 Å². The molecule has 1 aliphatic rings. The molecule has 0 bridgehead atoms. The summed E-state index contributed by atoms with van der Waals surface area (Å²) in [6.07, 6.45) is 0.777. The molecule has 0 radical (unpaired) electrons. The van der Waals surface area contributed by atoms with Crippen LogP contribution in [0.2, 0.25) is 0 Å². The highest BCUT2D eigenvalue weighted by molar-refractivity contribution is 5.73. The molecule has 0 saturated heterocycles. The molecule has 2 rings (SSSR count). The number of carbonyl (C=O) groups is 1. The first-order chi connectivity index (χ1) is 6.72. The molecule has 0 fully saturated rings. The van der Waals surface area contributed by atoms with Gasteiger partial charge in [0, 0.05) is 33.9 Å². The van der Waals surface area contributed by atoms with E-state index in [0.29, 0.717) is 5.69 Å². The van der Waals surface area contributed by atoms with E-state index >= 15 is 0 Å². The average Bonchev–Trinajstić information content (AvgIpc) is 2.70. The summed E-state index contributed by atoms with van der Waals surface area (Å²) in [5.41, 5.74) is 0.520. The maximum atomic E-state index is 10.3. The minimum Gasteiger partial charge on any atom is -0.388 e. The molecule has 1 aliphatic heterocycles. The number of hydrogen-bond acceptors (Lipinski definition) is 4. The van der Waals surface area contributed by atoms with Crippen LogP contribution < -0.4 is 4.90 Å². The molecule has 0 atom stereocenters. The van der Waals surface area contributed by atoms with Crippen molar-refractivity contribution in [3.05, 3.63) is 11.8 Å². The Bertz CT molecular complexity index is 309.